The molecule has 0 radical (unpaired) electrons. The third-order valence-electron chi connectivity index (χ3n) is 5.07. The van der Waals surface area contributed by atoms with Crippen molar-refractivity contribution in [3.05, 3.63) is 30.1 Å². The molecule has 0 bridgehead atoms. The Morgan fingerprint density at radius 3 is 2.50 bits per heavy atom. The highest BCUT2D eigenvalue weighted by Gasteiger charge is 2.41. The summed E-state index contributed by atoms with van der Waals surface area (Å²) in [6.07, 6.45) is 9.33. The first-order valence-electron chi connectivity index (χ1n) is 7.89. The van der Waals surface area contributed by atoms with Gasteiger partial charge in [-0.1, -0.05) is 39.7 Å². The third kappa shape index (κ3) is 3.50. The Labute approximate surface area is 125 Å². The van der Waals surface area contributed by atoms with Crippen LogP contribution in [0, 0.1) is 0 Å². The number of nitrogens with zero attached hydrogens (tertiary/aromatic N) is 1. The first-order chi connectivity index (χ1) is 9.31. The van der Waals surface area contributed by atoms with Crippen molar-refractivity contribution in [2.45, 2.75) is 76.6 Å². The van der Waals surface area contributed by atoms with Crippen LogP contribution in [0.3, 0.4) is 0 Å². The fourth-order valence-corrected chi connectivity index (χ4v) is 4.16. The van der Waals surface area contributed by atoms with Gasteiger partial charge < -0.3 is 4.43 Å². The molecule has 1 heterocycles. The topological polar surface area (TPSA) is 22.1 Å². The lowest BCUT2D eigenvalue weighted by molar-refractivity contribution is 0.114. The Balaban J connectivity index is 2.16. The van der Waals surface area contributed by atoms with Crippen molar-refractivity contribution in [3.8, 4) is 0 Å². The highest BCUT2D eigenvalue weighted by atomic mass is 28.4. The second kappa shape index (κ2) is 5.98. The van der Waals surface area contributed by atoms with Crippen LogP contribution in [0.4, 0.5) is 0 Å². The average molecular weight is 292 g/mol. The molecule has 1 aromatic rings. The van der Waals surface area contributed by atoms with Crippen LogP contribution in [0.25, 0.3) is 0 Å². The predicted molar refractivity (Wildman–Crippen MR) is 87.5 cm³/mol. The molecule has 0 aliphatic heterocycles. The minimum absolute atomic E-state index is 0.282. The van der Waals surface area contributed by atoms with Gasteiger partial charge in [0.05, 0.1) is 6.10 Å². The number of rotatable bonds is 3. The molecule has 0 amide bonds. The molecule has 0 saturated heterocycles. The Bertz CT molecular complexity index is 424. The molecular weight excluding hydrogens is 262 g/mol. The van der Waals surface area contributed by atoms with E-state index < -0.39 is 8.32 Å². The van der Waals surface area contributed by atoms with Gasteiger partial charge in [0.1, 0.15) is 0 Å². The molecule has 1 aromatic heterocycles. The van der Waals surface area contributed by atoms with E-state index in [0.717, 1.165) is 0 Å². The van der Waals surface area contributed by atoms with Crippen molar-refractivity contribution in [2.24, 2.45) is 0 Å². The highest BCUT2D eigenvalue weighted by molar-refractivity contribution is 6.74. The van der Waals surface area contributed by atoms with Gasteiger partial charge in [-0.15, -0.1) is 0 Å². The fourth-order valence-electron chi connectivity index (χ4n) is 2.77. The van der Waals surface area contributed by atoms with Gasteiger partial charge in [-0.3, -0.25) is 4.98 Å². The van der Waals surface area contributed by atoms with Crippen molar-refractivity contribution >= 4 is 8.32 Å². The second-order valence-electron chi connectivity index (χ2n) is 7.59. The third-order valence-corrected chi connectivity index (χ3v) is 9.57. The van der Waals surface area contributed by atoms with Crippen LogP contribution in [0.1, 0.15) is 57.9 Å². The molecule has 0 N–H and O–H groups in total. The van der Waals surface area contributed by atoms with Gasteiger partial charge in [0.15, 0.2) is 8.32 Å². The number of aromatic nitrogens is 1. The van der Waals surface area contributed by atoms with Crippen LogP contribution >= 0.6 is 0 Å². The molecule has 0 spiro atoms. The molecule has 1 fully saturated rings. The summed E-state index contributed by atoms with van der Waals surface area (Å²) < 4.78 is 6.72. The van der Waals surface area contributed by atoms with Gasteiger partial charge in [0.25, 0.3) is 0 Å². The minimum Gasteiger partial charge on any atom is -0.413 e. The van der Waals surface area contributed by atoms with E-state index >= 15 is 0 Å². The summed E-state index contributed by atoms with van der Waals surface area (Å²) in [5.74, 6) is 0.534. The van der Waals surface area contributed by atoms with Crippen molar-refractivity contribution in [1.82, 2.24) is 4.98 Å². The average Bonchev–Trinajstić information content (AvgIpc) is 2.38. The van der Waals surface area contributed by atoms with Gasteiger partial charge in [0, 0.05) is 18.3 Å². The van der Waals surface area contributed by atoms with E-state index in [1.165, 1.54) is 31.2 Å². The Hall–Kier alpha value is -0.673. The lowest BCUT2D eigenvalue weighted by Gasteiger charge is -2.43. The van der Waals surface area contributed by atoms with Crippen molar-refractivity contribution < 1.29 is 4.43 Å². The molecule has 2 atom stereocenters. The second-order valence-corrected chi connectivity index (χ2v) is 12.4. The molecule has 1 saturated carbocycles. The van der Waals surface area contributed by atoms with E-state index in [-0.39, 0.29) is 5.04 Å². The summed E-state index contributed by atoms with van der Waals surface area (Å²) in [6, 6.07) is 4.26. The van der Waals surface area contributed by atoms with Crippen LogP contribution in [0.5, 0.6) is 0 Å². The van der Waals surface area contributed by atoms with E-state index in [1.54, 1.807) is 0 Å². The van der Waals surface area contributed by atoms with E-state index in [0.29, 0.717) is 12.0 Å². The first-order valence-corrected chi connectivity index (χ1v) is 10.8. The summed E-state index contributed by atoms with van der Waals surface area (Å²) in [5.41, 5.74) is 1.36. The van der Waals surface area contributed by atoms with E-state index in [1.807, 2.05) is 18.5 Å². The quantitative estimate of drug-likeness (QED) is 0.720. The van der Waals surface area contributed by atoms with E-state index in [9.17, 15) is 0 Å². The number of hydrogen-bond donors (Lipinski definition) is 0. The maximum atomic E-state index is 6.72. The van der Waals surface area contributed by atoms with Crippen molar-refractivity contribution in [3.63, 3.8) is 0 Å². The summed E-state index contributed by atoms with van der Waals surface area (Å²) in [5, 5.41) is 0.282. The van der Waals surface area contributed by atoms with Gasteiger partial charge >= 0.3 is 0 Å². The van der Waals surface area contributed by atoms with Crippen LogP contribution < -0.4 is 0 Å². The van der Waals surface area contributed by atoms with Crippen molar-refractivity contribution in [1.29, 1.82) is 0 Å². The Morgan fingerprint density at radius 1 is 1.20 bits per heavy atom. The molecule has 0 aromatic carbocycles. The van der Waals surface area contributed by atoms with E-state index in [4.69, 9.17) is 4.43 Å². The maximum absolute atomic E-state index is 6.72. The SMILES string of the molecule is CC(C)(C)[Si](C)(C)O[C@@H]1CCCC[C@H]1c1cccnc1. The molecule has 2 nitrogen and oxygen atoms in total. The fraction of sp³-hybridized carbons (Fsp3) is 0.706. The normalized spacial score (nSPS) is 24.6. The number of pyridine rings is 1. The van der Waals surface area contributed by atoms with Crippen LogP contribution in [0.2, 0.25) is 18.1 Å². The lowest BCUT2D eigenvalue weighted by atomic mass is 9.82. The molecule has 1 aliphatic rings. The molecule has 1 aliphatic carbocycles. The summed E-state index contributed by atoms with van der Waals surface area (Å²) in [7, 11) is -1.69. The van der Waals surface area contributed by atoms with Crippen LogP contribution in [-0.2, 0) is 4.43 Å². The molecule has 2 rings (SSSR count). The smallest absolute Gasteiger partial charge is 0.192 e. The van der Waals surface area contributed by atoms with Gasteiger partial charge in [-0.05, 0) is 42.6 Å². The standard InChI is InChI=1S/C17H29NOSi/c1-17(2,3)20(4,5)19-16-11-7-6-10-15(16)14-9-8-12-18-13-14/h8-9,12-13,15-16H,6-7,10-11H2,1-5H3/t15-,16+/m0/s1. The summed E-state index contributed by atoms with van der Waals surface area (Å²) in [6.45, 7) is 11.7. The largest absolute Gasteiger partial charge is 0.413 e. The molecular formula is C17H29NOSi. The van der Waals surface area contributed by atoms with Crippen LogP contribution in [-0.4, -0.2) is 19.4 Å². The molecule has 20 heavy (non-hydrogen) atoms. The summed E-state index contributed by atoms with van der Waals surface area (Å²) in [4.78, 5) is 4.30. The zero-order valence-electron chi connectivity index (χ0n) is 13.6. The monoisotopic (exact) mass is 291 g/mol. The minimum atomic E-state index is -1.69. The lowest BCUT2D eigenvalue weighted by Crippen LogP contribution is -2.46. The zero-order chi connectivity index (χ0) is 14.8. The first kappa shape index (κ1) is 15.7. The maximum Gasteiger partial charge on any atom is 0.192 e. The Kier molecular flexibility index (Phi) is 4.70. The van der Waals surface area contributed by atoms with Gasteiger partial charge in [0.2, 0.25) is 0 Å². The highest BCUT2D eigenvalue weighted by Crippen LogP contribution is 2.42. The Morgan fingerprint density at radius 2 is 1.90 bits per heavy atom. The van der Waals surface area contributed by atoms with E-state index in [2.05, 4.69) is 44.9 Å². The van der Waals surface area contributed by atoms with Gasteiger partial charge in [-0.25, -0.2) is 0 Å². The predicted octanol–water partition coefficient (Wildman–Crippen LogP) is 5.13. The molecule has 112 valence electrons. The number of hydrogen-bond acceptors (Lipinski definition) is 2. The van der Waals surface area contributed by atoms with Crippen molar-refractivity contribution in [2.75, 3.05) is 0 Å². The van der Waals surface area contributed by atoms with Gasteiger partial charge in [-0.2, -0.15) is 0 Å². The van der Waals surface area contributed by atoms with Crippen LogP contribution in [0.15, 0.2) is 24.5 Å². The zero-order valence-corrected chi connectivity index (χ0v) is 14.6. The molecule has 0 unspecified atom stereocenters. The molecule has 3 heteroatoms. The summed E-state index contributed by atoms with van der Waals surface area (Å²) >= 11 is 0.